The van der Waals surface area contributed by atoms with E-state index < -0.39 is 10.0 Å². The van der Waals surface area contributed by atoms with Crippen LogP contribution >= 0.6 is 11.6 Å². The van der Waals surface area contributed by atoms with E-state index in [4.69, 9.17) is 16.1 Å². The zero-order valence-electron chi connectivity index (χ0n) is 19.0. The Hall–Kier alpha value is -2.01. The summed E-state index contributed by atoms with van der Waals surface area (Å²) in [5.41, 5.74) is 0.504. The second-order valence-electron chi connectivity index (χ2n) is 8.65. The summed E-state index contributed by atoms with van der Waals surface area (Å²) in [5.74, 6) is 0.396. The zero-order valence-corrected chi connectivity index (χ0v) is 20.6. The number of halogens is 1. The molecule has 3 heterocycles. The van der Waals surface area contributed by atoms with Crippen molar-refractivity contribution in [2.24, 2.45) is 5.92 Å². The molecule has 0 unspecified atom stereocenters. The Bertz CT molecular complexity index is 1100. The van der Waals surface area contributed by atoms with Crippen LogP contribution in [0.25, 0.3) is 11.4 Å². The van der Waals surface area contributed by atoms with Gasteiger partial charge in [0.05, 0.1) is 10.9 Å². The number of aryl methyl sites for hydroxylation is 1. The number of rotatable bonds is 6. The van der Waals surface area contributed by atoms with Crippen LogP contribution in [0.5, 0.6) is 0 Å². The number of piperazine rings is 1. The molecule has 0 spiro atoms. The predicted molar refractivity (Wildman–Crippen MR) is 124 cm³/mol. The molecule has 2 saturated heterocycles. The van der Waals surface area contributed by atoms with Crippen molar-refractivity contribution in [2.45, 2.75) is 38.0 Å². The lowest BCUT2D eigenvalue weighted by molar-refractivity contribution is -0.138. The number of hydrogen-bond acceptors (Lipinski definition) is 7. The van der Waals surface area contributed by atoms with Crippen molar-refractivity contribution < 1.29 is 17.7 Å². The summed E-state index contributed by atoms with van der Waals surface area (Å²) < 4.78 is 33.4. The molecule has 2 fully saturated rings. The fourth-order valence-electron chi connectivity index (χ4n) is 4.52. The molecule has 0 N–H and O–H groups in total. The molecule has 1 aromatic carbocycles. The van der Waals surface area contributed by atoms with Gasteiger partial charge >= 0.3 is 0 Å². The minimum atomic E-state index is -3.89. The van der Waals surface area contributed by atoms with Gasteiger partial charge in [0.15, 0.2) is 0 Å². The van der Waals surface area contributed by atoms with Crippen molar-refractivity contribution in [2.75, 3.05) is 45.8 Å². The van der Waals surface area contributed by atoms with Crippen molar-refractivity contribution in [3.8, 4) is 11.4 Å². The first kappa shape index (κ1) is 24.1. The van der Waals surface area contributed by atoms with Crippen molar-refractivity contribution in [3.63, 3.8) is 0 Å². The van der Waals surface area contributed by atoms with Gasteiger partial charge in [0.25, 0.3) is 0 Å². The van der Waals surface area contributed by atoms with Gasteiger partial charge in [-0.3, -0.25) is 9.69 Å². The molecule has 0 aliphatic carbocycles. The van der Waals surface area contributed by atoms with Crippen LogP contribution in [0.2, 0.25) is 5.02 Å². The average Bonchev–Trinajstić information content (AvgIpc) is 3.26. The second kappa shape index (κ2) is 10.1. The molecule has 4 rings (SSSR count). The van der Waals surface area contributed by atoms with Crippen molar-refractivity contribution in [1.29, 1.82) is 0 Å². The van der Waals surface area contributed by atoms with Gasteiger partial charge in [-0.2, -0.15) is 9.29 Å². The van der Waals surface area contributed by atoms with Crippen LogP contribution in [-0.2, 0) is 14.8 Å². The van der Waals surface area contributed by atoms with Gasteiger partial charge in [-0.15, -0.1) is 0 Å². The van der Waals surface area contributed by atoms with Crippen LogP contribution in [0.15, 0.2) is 27.6 Å². The van der Waals surface area contributed by atoms with E-state index in [-0.39, 0.29) is 28.3 Å². The highest BCUT2D eigenvalue weighted by Gasteiger charge is 2.36. The normalized spacial score (nSPS) is 20.8. The lowest BCUT2D eigenvalue weighted by Gasteiger charge is -2.38. The lowest BCUT2D eigenvalue weighted by atomic mass is 9.98. The quantitative estimate of drug-likeness (QED) is 0.607. The van der Waals surface area contributed by atoms with E-state index >= 15 is 0 Å². The lowest BCUT2D eigenvalue weighted by Crippen LogP contribution is -2.53. The number of sulfonamides is 1. The van der Waals surface area contributed by atoms with Gasteiger partial charge in [-0.05, 0) is 44.0 Å². The van der Waals surface area contributed by atoms with Gasteiger partial charge in [0.1, 0.15) is 4.90 Å². The third-order valence-electron chi connectivity index (χ3n) is 6.29. The summed E-state index contributed by atoms with van der Waals surface area (Å²) in [4.78, 5) is 21.6. The Morgan fingerprint density at radius 1 is 1.21 bits per heavy atom. The highest BCUT2D eigenvalue weighted by molar-refractivity contribution is 7.89. The number of aromatic nitrogens is 2. The van der Waals surface area contributed by atoms with Gasteiger partial charge in [-0.1, -0.05) is 23.7 Å². The van der Waals surface area contributed by atoms with E-state index in [1.807, 2.05) is 4.90 Å². The van der Waals surface area contributed by atoms with Gasteiger partial charge in [0.2, 0.25) is 27.6 Å². The number of amides is 1. The average molecular weight is 496 g/mol. The molecular formula is C22H30ClN5O4S. The predicted octanol–water partition coefficient (Wildman–Crippen LogP) is 2.65. The number of hydrogen-bond donors (Lipinski definition) is 0. The number of nitrogens with zero attached hydrogens (tertiary/aromatic N) is 5. The zero-order chi connectivity index (χ0) is 23.6. The summed E-state index contributed by atoms with van der Waals surface area (Å²) in [6, 6.07) is 4.66. The Morgan fingerprint density at radius 3 is 2.64 bits per heavy atom. The van der Waals surface area contributed by atoms with Crippen LogP contribution < -0.4 is 0 Å². The molecule has 180 valence electrons. The van der Waals surface area contributed by atoms with E-state index in [2.05, 4.69) is 22.0 Å². The smallest absolute Gasteiger partial charge is 0.244 e. The maximum Gasteiger partial charge on any atom is 0.244 e. The maximum absolute atomic E-state index is 13.5. The first-order valence-electron chi connectivity index (χ1n) is 11.4. The van der Waals surface area contributed by atoms with Crippen LogP contribution in [-0.4, -0.2) is 84.4 Å². The fourth-order valence-corrected chi connectivity index (χ4v) is 6.55. The molecule has 2 aromatic rings. The van der Waals surface area contributed by atoms with Crippen LogP contribution in [0.1, 0.15) is 32.1 Å². The topological polar surface area (TPSA) is 99.8 Å². The summed E-state index contributed by atoms with van der Waals surface area (Å²) in [6.45, 7) is 8.51. The monoisotopic (exact) mass is 495 g/mol. The van der Waals surface area contributed by atoms with E-state index in [9.17, 15) is 13.2 Å². The molecule has 2 aliphatic heterocycles. The van der Waals surface area contributed by atoms with Crippen molar-refractivity contribution in [3.05, 3.63) is 29.1 Å². The summed E-state index contributed by atoms with van der Waals surface area (Å²) in [6.07, 6.45) is 2.42. The Balaban J connectivity index is 1.49. The Labute approximate surface area is 199 Å². The standard InChI is InChI=1S/C22H30ClN5O4S/c1-3-8-26-10-12-27(13-11-26)22(29)18-5-4-9-28(15-18)33(30,31)20-14-17(6-7-19(20)23)21-24-16(2)32-25-21/h6-7,14,18H,3-5,8-13,15H2,1-2H3/t18-/m0/s1. The van der Waals surface area contributed by atoms with Crippen molar-refractivity contribution in [1.82, 2.24) is 24.2 Å². The molecule has 33 heavy (non-hydrogen) atoms. The number of carbonyl (C=O) groups is 1. The molecule has 1 aromatic heterocycles. The van der Waals surface area contributed by atoms with Gasteiger partial charge < -0.3 is 9.42 Å². The largest absolute Gasteiger partial charge is 0.340 e. The first-order valence-corrected chi connectivity index (χ1v) is 13.2. The highest BCUT2D eigenvalue weighted by Crippen LogP contribution is 2.32. The second-order valence-corrected chi connectivity index (χ2v) is 11.0. The fraction of sp³-hybridized carbons (Fsp3) is 0.591. The molecule has 1 amide bonds. The molecule has 11 heteroatoms. The SMILES string of the molecule is CCCN1CCN(C(=O)[C@H]2CCCN(S(=O)(=O)c3cc(-c4noc(C)n4)ccc3Cl)C2)CC1. The summed E-state index contributed by atoms with van der Waals surface area (Å²) >= 11 is 6.30. The molecule has 9 nitrogen and oxygen atoms in total. The van der Waals surface area contributed by atoms with Gasteiger partial charge in [-0.25, -0.2) is 8.42 Å². The minimum Gasteiger partial charge on any atom is -0.340 e. The Kier molecular flexibility index (Phi) is 7.37. The Morgan fingerprint density at radius 2 is 1.97 bits per heavy atom. The third kappa shape index (κ3) is 5.24. The minimum absolute atomic E-state index is 0.00889. The van der Waals surface area contributed by atoms with Crippen LogP contribution in [0.3, 0.4) is 0 Å². The van der Waals surface area contributed by atoms with Crippen molar-refractivity contribution >= 4 is 27.5 Å². The van der Waals surface area contributed by atoms with Crippen LogP contribution in [0, 0.1) is 12.8 Å². The van der Waals surface area contributed by atoms with E-state index in [0.717, 1.165) is 26.1 Å². The van der Waals surface area contributed by atoms with E-state index in [0.29, 0.717) is 49.8 Å². The molecule has 0 radical (unpaired) electrons. The third-order valence-corrected chi connectivity index (χ3v) is 8.64. The van der Waals surface area contributed by atoms with E-state index in [1.165, 1.54) is 16.4 Å². The molecule has 1 atom stereocenters. The number of benzene rings is 1. The van der Waals surface area contributed by atoms with E-state index in [1.54, 1.807) is 13.0 Å². The summed E-state index contributed by atoms with van der Waals surface area (Å²) in [7, 11) is -3.89. The molecule has 2 aliphatic rings. The maximum atomic E-state index is 13.5. The van der Waals surface area contributed by atoms with Gasteiger partial charge in [0, 0.05) is 51.8 Å². The number of piperidine rings is 1. The number of carbonyl (C=O) groups excluding carboxylic acids is 1. The highest BCUT2D eigenvalue weighted by atomic mass is 35.5. The first-order chi connectivity index (χ1) is 15.8. The molecule has 0 bridgehead atoms. The van der Waals surface area contributed by atoms with Crippen LogP contribution in [0.4, 0.5) is 0 Å². The molecular weight excluding hydrogens is 466 g/mol. The summed E-state index contributed by atoms with van der Waals surface area (Å²) in [5, 5.41) is 3.99. The molecule has 0 saturated carbocycles.